The van der Waals surface area contributed by atoms with Crippen molar-refractivity contribution in [3.63, 3.8) is 0 Å². The molecule has 0 unspecified atom stereocenters. The van der Waals surface area contributed by atoms with Crippen molar-refractivity contribution in [1.82, 2.24) is 10.2 Å². The summed E-state index contributed by atoms with van der Waals surface area (Å²) in [6.45, 7) is 0. The fraction of sp³-hybridized carbons (Fsp3) is 0.0667. The third-order valence-electron chi connectivity index (χ3n) is 2.77. The van der Waals surface area contributed by atoms with Gasteiger partial charge in [0.1, 0.15) is 5.01 Å². The minimum Gasteiger partial charge on any atom is -0.137 e. The molecule has 1 heterocycles. The van der Waals surface area contributed by atoms with Crippen LogP contribution in [0.5, 0.6) is 0 Å². The van der Waals surface area contributed by atoms with Crippen molar-refractivity contribution in [2.45, 2.75) is 10.1 Å². The highest BCUT2D eigenvalue weighted by atomic mass is 35.5. The van der Waals surface area contributed by atoms with Crippen molar-refractivity contribution in [3.05, 3.63) is 64.1 Å². The largest absolute Gasteiger partial charge is 0.174 e. The fourth-order valence-electron chi connectivity index (χ4n) is 1.74. The van der Waals surface area contributed by atoms with Gasteiger partial charge in [0.15, 0.2) is 4.34 Å². The molecule has 0 N–H and O–H groups in total. The molecule has 0 aliphatic carbocycles. The van der Waals surface area contributed by atoms with Crippen molar-refractivity contribution < 1.29 is 0 Å². The number of halogens is 2. The molecule has 106 valence electrons. The van der Waals surface area contributed by atoms with Gasteiger partial charge in [-0.15, -0.1) is 10.2 Å². The van der Waals surface area contributed by atoms with E-state index in [9.17, 15) is 0 Å². The third-order valence-corrected chi connectivity index (χ3v) is 5.69. The highest BCUT2D eigenvalue weighted by Gasteiger charge is 2.07. The van der Waals surface area contributed by atoms with E-state index in [2.05, 4.69) is 10.2 Å². The van der Waals surface area contributed by atoms with E-state index in [4.69, 9.17) is 23.2 Å². The number of hydrogen-bond donors (Lipinski definition) is 0. The van der Waals surface area contributed by atoms with Crippen LogP contribution in [-0.2, 0) is 5.75 Å². The summed E-state index contributed by atoms with van der Waals surface area (Å²) in [7, 11) is 0. The van der Waals surface area contributed by atoms with Crippen LogP contribution in [0, 0.1) is 0 Å². The summed E-state index contributed by atoms with van der Waals surface area (Å²) >= 11 is 15.2. The Hall–Kier alpha value is -1.07. The predicted molar refractivity (Wildman–Crippen MR) is 91.4 cm³/mol. The second-order valence-electron chi connectivity index (χ2n) is 4.28. The van der Waals surface area contributed by atoms with Crippen LogP contribution in [0.25, 0.3) is 10.6 Å². The summed E-state index contributed by atoms with van der Waals surface area (Å²) in [4.78, 5) is 0. The number of aromatic nitrogens is 2. The fourth-order valence-corrected chi connectivity index (χ4v) is 3.86. The van der Waals surface area contributed by atoms with Crippen LogP contribution in [0.15, 0.2) is 52.9 Å². The lowest BCUT2D eigenvalue weighted by Gasteiger charge is -2.01. The average molecular weight is 353 g/mol. The van der Waals surface area contributed by atoms with Crippen molar-refractivity contribution in [3.8, 4) is 10.6 Å². The molecule has 0 aliphatic rings. The van der Waals surface area contributed by atoms with Gasteiger partial charge in [-0.3, -0.25) is 0 Å². The van der Waals surface area contributed by atoms with E-state index in [-0.39, 0.29) is 0 Å². The van der Waals surface area contributed by atoms with Crippen molar-refractivity contribution in [2.24, 2.45) is 0 Å². The summed E-state index contributed by atoms with van der Waals surface area (Å²) in [6.07, 6.45) is 0. The van der Waals surface area contributed by atoms with Crippen molar-refractivity contribution in [2.75, 3.05) is 0 Å². The molecule has 0 bridgehead atoms. The van der Waals surface area contributed by atoms with Gasteiger partial charge < -0.3 is 0 Å². The van der Waals surface area contributed by atoms with Crippen LogP contribution in [0.4, 0.5) is 0 Å². The van der Waals surface area contributed by atoms with Crippen LogP contribution < -0.4 is 0 Å². The first kappa shape index (κ1) is 14.9. The van der Waals surface area contributed by atoms with Gasteiger partial charge in [0, 0.05) is 11.3 Å². The SMILES string of the molecule is Clc1ccc(CSc2nnc(-c3ccccc3)s2)cc1Cl. The molecule has 3 aromatic rings. The average Bonchev–Trinajstić information content (AvgIpc) is 2.98. The van der Waals surface area contributed by atoms with Gasteiger partial charge in [-0.1, -0.05) is 82.7 Å². The predicted octanol–water partition coefficient (Wildman–Crippen LogP) is 5.80. The normalized spacial score (nSPS) is 10.8. The first-order chi connectivity index (χ1) is 10.2. The minimum absolute atomic E-state index is 0.577. The molecule has 2 aromatic carbocycles. The molecule has 0 fully saturated rings. The summed E-state index contributed by atoms with van der Waals surface area (Å²) < 4.78 is 0.944. The molecule has 0 atom stereocenters. The quantitative estimate of drug-likeness (QED) is 0.554. The first-order valence-electron chi connectivity index (χ1n) is 6.18. The van der Waals surface area contributed by atoms with Gasteiger partial charge in [0.05, 0.1) is 10.0 Å². The molecule has 0 radical (unpaired) electrons. The Labute approximate surface area is 141 Å². The highest BCUT2D eigenvalue weighted by Crippen LogP contribution is 2.32. The molecular formula is C15H10Cl2N2S2. The maximum Gasteiger partial charge on any atom is 0.174 e. The molecule has 1 aromatic heterocycles. The zero-order chi connectivity index (χ0) is 14.7. The van der Waals surface area contributed by atoms with E-state index >= 15 is 0 Å². The van der Waals surface area contributed by atoms with E-state index < -0.39 is 0 Å². The summed E-state index contributed by atoms with van der Waals surface area (Å²) in [5.74, 6) is 0.792. The molecule has 0 saturated carbocycles. The Morgan fingerprint density at radius 2 is 1.76 bits per heavy atom. The van der Waals surface area contributed by atoms with Gasteiger partial charge >= 0.3 is 0 Å². The second kappa shape index (κ2) is 6.79. The number of benzene rings is 2. The van der Waals surface area contributed by atoms with E-state index in [0.717, 1.165) is 26.2 Å². The van der Waals surface area contributed by atoms with Crippen molar-refractivity contribution >= 4 is 46.3 Å². The van der Waals surface area contributed by atoms with Crippen LogP contribution in [0.2, 0.25) is 10.0 Å². The number of nitrogens with zero attached hydrogens (tertiary/aromatic N) is 2. The maximum absolute atomic E-state index is 6.01. The van der Waals surface area contributed by atoms with Gasteiger partial charge in [-0.05, 0) is 17.7 Å². The van der Waals surface area contributed by atoms with Gasteiger partial charge in [-0.25, -0.2) is 0 Å². The lowest BCUT2D eigenvalue weighted by molar-refractivity contribution is 1.01. The van der Waals surface area contributed by atoms with Crippen molar-refractivity contribution in [1.29, 1.82) is 0 Å². The molecule has 2 nitrogen and oxygen atoms in total. The Balaban J connectivity index is 1.69. The standard InChI is InChI=1S/C15H10Cl2N2S2/c16-12-7-6-10(8-13(12)17)9-20-15-19-18-14(21-15)11-4-2-1-3-5-11/h1-8H,9H2. The Bertz CT molecular complexity index is 744. The topological polar surface area (TPSA) is 25.8 Å². The smallest absolute Gasteiger partial charge is 0.137 e. The molecule has 21 heavy (non-hydrogen) atoms. The Morgan fingerprint density at radius 1 is 0.952 bits per heavy atom. The molecular weight excluding hydrogens is 343 g/mol. The molecule has 0 aliphatic heterocycles. The van der Waals surface area contributed by atoms with E-state index in [1.54, 1.807) is 23.1 Å². The number of rotatable bonds is 4. The molecule has 3 rings (SSSR count). The number of thioether (sulfide) groups is 1. The minimum atomic E-state index is 0.577. The maximum atomic E-state index is 6.01. The van der Waals surface area contributed by atoms with Gasteiger partial charge in [0.2, 0.25) is 0 Å². The lowest BCUT2D eigenvalue weighted by Crippen LogP contribution is -1.81. The lowest BCUT2D eigenvalue weighted by atomic mass is 10.2. The Morgan fingerprint density at radius 3 is 2.52 bits per heavy atom. The molecule has 0 saturated heterocycles. The monoisotopic (exact) mass is 352 g/mol. The Kier molecular flexibility index (Phi) is 4.80. The van der Waals surface area contributed by atoms with Crippen LogP contribution in [-0.4, -0.2) is 10.2 Å². The summed E-state index contributed by atoms with van der Waals surface area (Å²) in [5, 5.41) is 10.5. The molecule has 6 heteroatoms. The first-order valence-corrected chi connectivity index (χ1v) is 8.74. The van der Waals surface area contributed by atoms with Crippen LogP contribution >= 0.6 is 46.3 Å². The summed E-state index contributed by atoms with van der Waals surface area (Å²) in [5.41, 5.74) is 2.21. The third kappa shape index (κ3) is 3.77. The van der Waals surface area contributed by atoms with Gasteiger partial charge in [-0.2, -0.15) is 0 Å². The molecule has 0 spiro atoms. The van der Waals surface area contributed by atoms with Crippen LogP contribution in [0.3, 0.4) is 0 Å². The molecule has 0 amide bonds. The number of hydrogen-bond acceptors (Lipinski definition) is 4. The second-order valence-corrected chi connectivity index (χ2v) is 7.29. The zero-order valence-electron chi connectivity index (χ0n) is 10.8. The van der Waals surface area contributed by atoms with Gasteiger partial charge in [0.25, 0.3) is 0 Å². The van der Waals surface area contributed by atoms with E-state index in [0.29, 0.717) is 10.0 Å². The van der Waals surface area contributed by atoms with E-state index in [1.807, 2.05) is 48.5 Å². The summed E-state index contributed by atoms with van der Waals surface area (Å²) in [6, 6.07) is 15.7. The highest BCUT2D eigenvalue weighted by molar-refractivity contribution is 8.00. The zero-order valence-corrected chi connectivity index (χ0v) is 13.9. The van der Waals surface area contributed by atoms with E-state index in [1.165, 1.54) is 0 Å². The van der Waals surface area contributed by atoms with Crippen LogP contribution in [0.1, 0.15) is 5.56 Å².